The van der Waals surface area contributed by atoms with Crippen molar-refractivity contribution in [3.63, 3.8) is 0 Å². The lowest BCUT2D eigenvalue weighted by molar-refractivity contribution is -0.153. The molecule has 0 bridgehead atoms. The van der Waals surface area contributed by atoms with Gasteiger partial charge in [0, 0.05) is 29.7 Å². The molecule has 0 unspecified atom stereocenters. The van der Waals surface area contributed by atoms with E-state index in [0.29, 0.717) is 11.3 Å². The number of rotatable bonds is 7. The predicted molar refractivity (Wildman–Crippen MR) is 94.4 cm³/mol. The average molecular weight is 342 g/mol. The Morgan fingerprint density at radius 1 is 1.08 bits per heavy atom. The van der Waals surface area contributed by atoms with Gasteiger partial charge in [0.25, 0.3) is 5.91 Å². The Hall–Kier alpha value is -2.89. The monoisotopic (exact) mass is 342 g/mol. The summed E-state index contributed by atoms with van der Waals surface area (Å²) in [7, 11) is 0. The first-order valence-electron chi connectivity index (χ1n) is 8.10. The molecule has 1 amide bonds. The quantitative estimate of drug-likeness (QED) is 0.619. The minimum atomic E-state index is -0.906. The molecule has 0 radical (unpaired) electrons. The molecule has 0 aliphatic carbocycles. The predicted octanol–water partition coefficient (Wildman–Crippen LogP) is 3.21. The molecule has 0 aliphatic rings. The van der Waals surface area contributed by atoms with E-state index in [2.05, 4.69) is 5.32 Å². The molecule has 2 rings (SSSR count). The van der Waals surface area contributed by atoms with Crippen LogP contribution in [0.1, 0.15) is 43.6 Å². The first-order valence-corrected chi connectivity index (χ1v) is 8.10. The zero-order valence-corrected chi connectivity index (χ0v) is 14.6. The standard InChI is InChI=1S/C19H22N2O4/c1-13(21-10-4-5-11-21)12-18(23)25-15(3)19(24)20-17-8-6-16(7-9-17)14(2)22/h4-11,13,15H,12H2,1-3H3,(H,20,24)/t13-,15+/m0/s1. The van der Waals surface area contributed by atoms with Gasteiger partial charge in [0.15, 0.2) is 11.9 Å². The Morgan fingerprint density at radius 2 is 1.68 bits per heavy atom. The Labute approximate surface area is 146 Å². The Morgan fingerprint density at radius 3 is 2.24 bits per heavy atom. The Kier molecular flexibility index (Phi) is 6.11. The van der Waals surface area contributed by atoms with Gasteiger partial charge >= 0.3 is 5.97 Å². The van der Waals surface area contributed by atoms with Crippen molar-refractivity contribution in [3.8, 4) is 0 Å². The SMILES string of the molecule is CC(=O)c1ccc(NC(=O)[C@@H](C)OC(=O)C[C@H](C)n2cccc2)cc1. The minimum absolute atomic E-state index is 0.0445. The zero-order chi connectivity index (χ0) is 18.4. The van der Waals surface area contributed by atoms with Gasteiger partial charge < -0.3 is 14.6 Å². The molecule has 1 aromatic carbocycles. The minimum Gasteiger partial charge on any atom is -0.452 e. The van der Waals surface area contributed by atoms with Crippen molar-refractivity contribution in [1.29, 1.82) is 0 Å². The number of benzene rings is 1. The maximum absolute atomic E-state index is 12.1. The molecule has 1 N–H and O–H groups in total. The molecule has 1 heterocycles. The molecule has 2 atom stereocenters. The average Bonchev–Trinajstić information content (AvgIpc) is 3.09. The number of hydrogen-bond donors (Lipinski definition) is 1. The van der Waals surface area contributed by atoms with Gasteiger partial charge in [0.05, 0.1) is 6.42 Å². The highest BCUT2D eigenvalue weighted by atomic mass is 16.5. The van der Waals surface area contributed by atoms with E-state index in [9.17, 15) is 14.4 Å². The van der Waals surface area contributed by atoms with Crippen LogP contribution < -0.4 is 5.32 Å². The number of ketones is 1. The van der Waals surface area contributed by atoms with E-state index in [1.807, 2.05) is 36.0 Å². The fraction of sp³-hybridized carbons (Fsp3) is 0.316. The molecule has 1 aromatic heterocycles. The zero-order valence-electron chi connectivity index (χ0n) is 14.6. The lowest BCUT2D eigenvalue weighted by atomic mass is 10.1. The second-order valence-corrected chi connectivity index (χ2v) is 5.94. The number of anilines is 1. The smallest absolute Gasteiger partial charge is 0.308 e. The summed E-state index contributed by atoms with van der Waals surface area (Å²) in [5.74, 6) is -0.898. The van der Waals surface area contributed by atoms with Crippen LogP contribution in [0.5, 0.6) is 0 Å². The molecule has 0 saturated heterocycles. The third-order valence-electron chi connectivity index (χ3n) is 3.83. The van der Waals surface area contributed by atoms with Gasteiger partial charge in [-0.1, -0.05) is 0 Å². The molecule has 2 aromatic rings. The number of hydrogen-bond acceptors (Lipinski definition) is 4. The van der Waals surface area contributed by atoms with Crippen LogP contribution in [0.15, 0.2) is 48.8 Å². The molecule has 6 nitrogen and oxygen atoms in total. The van der Waals surface area contributed by atoms with Crippen LogP contribution >= 0.6 is 0 Å². The third-order valence-corrected chi connectivity index (χ3v) is 3.83. The highest BCUT2D eigenvalue weighted by Gasteiger charge is 2.20. The topological polar surface area (TPSA) is 77.4 Å². The van der Waals surface area contributed by atoms with Crippen molar-refractivity contribution in [2.24, 2.45) is 0 Å². The molecule has 0 saturated carbocycles. The van der Waals surface area contributed by atoms with Crippen LogP contribution in [0.2, 0.25) is 0 Å². The van der Waals surface area contributed by atoms with Gasteiger partial charge in [-0.05, 0) is 57.2 Å². The van der Waals surface area contributed by atoms with E-state index in [1.54, 1.807) is 24.3 Å². The highest BCUT2D eigenvalue weighted by molar-refractivity contribution is 5.97. The van der Waals surface area contributed by atoms with E-state index >= 15 is 0 Å². The number of esters is 1. The number of Topliss-reactive ketones (excluding diaryl/α,β-unsaturated/α-hetero) is 1. The van der Waals surface area contributed by atoms with Gasteiger partial charge in [-0.3, -0.25) is 14.4 Å². The molecule has 0 spiro atoms. The van der Waals surface area contributed by atoms with Crippen LogP contribution in [-0.4, -0.2) is 28.3 Å². The van der Waals surface area contributed by atoms with Crippen LogP contribution in [-0.2, 0) is 14.3 Å². The van der Waals surface area contributed by atoms with E-state index in [-0.39, 0.29) is 18.2 Å². The van der Waals surface area contributed by atoms with Gasteiger partial charge in [0.1, 0.15) is 0 Å². The number of amides is 1. The second-order valence-electron chi connectivity index (χ2n) is 5.94. The van der Waals surface area contributed by atoms with E-state index in [1.165, 1.54) is 13.8 Å². The van der Waals surface area contributed by atoms with Crippen LogP contribution in [0.4, 0.5) is 5.69 Å². The summed E-state index contributed by atoms with van der Waals surface area (Å²) in [4.78, 5) is 35.3. The van der Waals surface area contributed by atoms with Gasteiger partial charge in [-0.15, -0.1) is 0 Å². The van der Waals surface area contributed by atoms with Crippen LogP contribution in [0.25, 0.3) is 0 Å². The molecular weight excluding hydrogens is 320 g/mol. The summed E-state index contributed by atoms with van der Waals surface area (Å²) in [6.07, 6.45) is 3.02. The fourth-order valence-electron chi connectivity index (χ4n) is 2.32. The normalized spacial score (nSPS) is 12.9. The van der Waals surface area contributed by atoms with Crippen molar-refractivity contribution in [2.45, 2.75) is 39.3 Å². The number of nitrogens with zero attached hydrogens (tertiary/aromatic N) is 1. The van der Waals surface area contributed by atoms with E-state index in [4.69, 9.17) is 4.74 Å². The van der Waals surface area contributed by atoms with Crippen molar-refractivity contribution in [2.75, 3.05) is 5.32 Å². The summed E-state index contributed by atoms with van der Waals surface area (Å²) in [6.45, 7) is 4.91. The number of ether oxygens (including phenoxy) is 1. The number of carbonyl (C=O) groups is 3. The first kappa shape index (κ1) is 18.4. The number of aromatic nitrogens is 1. The fourth-order valence-corrected chi connectivity index (χ4v) is 2.32. The highest BCUT2D eigenvalue weighted by Crippen LogP contribution is 2.14. The lowest BCUT2D eigenvalue weighted by Gasteiger charge is -2.16. The second kappa shape index (κ2) is 8.28. The van der Waals surface area contributed by atoms with Crippen LogP contribution in [0.3, 0.4) is 0 Å². The van der Waals surface area contributed by atoms with Crippen molar-refractivity contribution < 1.29 is 19.1 Å². The van der Waals surface area contributed by atoms with Gasteiger partial charge in [-0.25, -0.2) is 0 Å². The van der Waals surface area contributed by atoms with Crippen molar-refractivity contribution >= 4 is 23.3 Å². The Balaban J connectivity index is 1.84. The summed E-state index contributed by atoms with van der Waals surface area (Å²) in [5, 5.41) is 2.66. The molecule has 0 fully saturated rings. The summed E-state index contributed by atoms with van der Waals surface area (Å²) >= 11 is 0. The number of nitrogens with one attached hydrogen (secondary N) is 1. The van der Waals surface area contributed by atoms with Gasteiger partial charge in [-0.2, -0.15) is 0 Å². The third kappa shape index (κ3) is 5.31. The largest absolute Gasteiger partial charge is 0.452 e. The molecular formula is C19H22N2O4. The van der Waals surface area contributed by atoms with E-state index in [0.717, 1.165) is 0 Å². The van der Waals surface area contributed by atoms with E-state index < -0.39 is 18.0 Å². The number of carbonyl (C=O) groups excluding carboxylic acids is 3. The summed E-state index contributed by atoms with van der Waals surface area (Å²) in [5.41, 5.74) is 1.11. The first-order chi connectivity index (χ1) is 11.9. The Bertz CT molecular complexity index is 735. The molecule has 0 aliphatic heterocycles. The van der Waals surface area contributed by atoms with Crippen molar-refractivity contribution in [3.05, 3.63) is 54.4 Å². The van der Waals surface area contributed by atoms with Gasteiger partial charge in [0.2, 0.25) is 0 Å². The van der Waals surface area contributed by atoms with Crippen LogP contribution in [0, 0.1) is 0 Å². The summed E-state index contributed by atoms with van der Waals surface area (Å²) < 4.78 is 7.10. The summed E-state index contributed by atoms with van der Waals surface area (Å²) in [6, 6.07) is 10.3. The maximum atomic E-state index is 12.1. The molecule has 6 heteroatoms. The molecule has 132 valence electrons. The van der Waals surface area contributed by atoms with Crippen molar-refractivity contribution in [1.82, 2.24) is 4.57 Å². The lowest BCUT2D eigenvalue weighted by Crippen LogP contribution is -2.30. The maximum Gasteiger partial charge on any atom is 0.308 e. The molecule has 25 heavy (non-hydrogen) atoms.